The third-order valence-electron chi connectivity index (χ3n) is 4.54. The summed E-state index contributed by atoms with van der Waals surface area (Å²) >= 11 is 0. The van der Waals surface area contributed by atoms with E-state index in [1.807, 2.05) is 13.0 Å². The Bertz CT molecular complexity index is 443. The lowest BCUT2D eigenvalue weighted by atomic mass is 9.89. The number of rotatable bonds is 3. The molecule has 2 rings (SSSR count). The largest absolute Gasteiger partial charge is 0.371 e. The van der Waals surface area contributed by atoms with Gasteiger partial charge in [-0.15, -0.1) is 0 Å². The SMILES string of the molecule is CC(C)C1CCCN(c2cccc(F)c2[C@@H](C)N)CC1. The Labute approximate surface area is 122 Å². The molecule has 3 heteroatoms. The van der Waals surface area contributed by atoms with E-state index < -0.39 is 0 Å². The Balaban J connectivity index is 2.22. The van der Waals surface area contributed by atoms with E-state index in [-0.39, 0.29) is 11.9 Å². The molecule has 20 heavy (non-hydrogen) atoms. The molecule has 2 N–H and O–H groups in total. The molecular formula is C17H27FN2. The van der Waals surface area contributed by atoms with Crippen molar-refractivity contribution in [2.75, 3.05) is 18.0 Å². The maximum atomic E-state index is 14.1. The van der Waals surface area contributed by atoms with Crippen LogP contribution in [-0.4, -0.2) is 13.1 Å². The molecule has 1 aliphatic rings. The number of halogens is 1. The van der Waals surface area contributed by atoms with Crippen LogP contribution in [0, 0.1) is 17.7 Å². The zero-order valence-corrected chi connectivity index (χ0v) is 12.9. The third kappa shape index (κ3) is 3.32. The van der Waals surface area contributed by atoms with Gasteiger partial charge in [0.1, 0.15) is 5.82 Å². The maximum absolute atomic E-state index is 14.1. The van der Waals surface area contributed by atoms with E-state index in [1.165, 1.54) is 25.3 Å². The first-order valence-corrected chi connectivity index (χ1v) is 7.79. The molecule has 0 saturated carbocycles. The number of hydrogen-bond donors (Lipinski definition) is 1. The fraction of sp³-hybridized carbons (Fsp3) is 0.647. The van der Waals surface area contributed by atoms with Crippen molar-refractivity contribution in [3.63, 3.8) is 0 Å². The number of hydrogen-bond acceptors (Lipinski definition) is 2. The summed E-state index contributed by atoms with van der Waals surface area (Å²) < 4.78 is 14.1. The van der Waals surface area contributed by atoms with Crippen molar-refractivity contribution in [2.45, 2.75) is 46.1 Å². The van der Waals surface area contributed by atoms with Gasteiger partial charge in [-0.2, -0.15) is 0 Å². The molecular weight excluding hydrogens is 251 g/mol. The van der Waals surface area contributed by atoms with E-state index in [9.17, 15) is 4.39 Å². The van der Waals surface area contributed by atoms with Crippen LogP contribution in [0.1, 0.15) is 51.6 Å². The molecule has 2 atom stereocenters. The van der Waals surface area contributed by atoms with Gasteiger partial charge < -0.3 is 10.6 Å². The molecule has 1 fully saturated rings. The summed E-state index contributed by atoms with van der Waals surface area (Å²) in [4.78, 5) is 2.32. The quantitative estimate of drug-likeness (QED) is 0.901. The molecule has 1 aliphatic heterocycles. The molecule has 2 nitrogen and oxygen atoms in total. The predicted octanol–water partition coefficient (Wildman–Crippen LogP) is 4.11. The van der Waals surface area contributed by atoms with Gasteiger partial charge >= 0.3 is 0 Å². The van der Waals surface area contributed by atoms with Crippen molar-refractivity contribution in [1.29, 1.82) is 0 Å². The van der Waals surface area contributed by atoms with Crippen molar-refractivity contribution in [2.24, 2.45) is 17.6 Å². The zero-order chi connectivity index (χ0) is 14.7. The van der Waals surface area contributed by atoms with E-state index in [4.69, 9.17) is 5.73 Å². The van der Waals surface area contributed by atoms with Gasteiger partial charge in [0.2, 0.25) is 0 Å². The highest BCUT2D eigenvalue weighted by Gasteiger charge is 2.22. The van der Waals surface area contributed by atoms with Crippen LogP contribution < -0.4 is 10.6 Å². The zero-order valence-electron chi connectivity index (χ0n) is 12.9. The summed E-state index contributed by atoms with van der Waals surface area (Å²) in [7, 11) is 0. The van der Waals surface area contributed by atoms with Crippen molar-refractivity contribution >= 4 is 5.69 Å². The topological polar surface area (TPSA) is 29.3 Å². The second-order valence-electron chi connectivity index (χ2n) is 6.38. The highest BCUT2D eigenvalue weighted by molar-refractivity contribution is 5.55. The summed E-state index contributed by atoms with van der Waals surface area (Å²) in [5.74, 6) is 1.34. The fourth-order valence-electron chi connectivity index (χ4n) is 3.28. The molecule has 1 unspecified atom stereocenters. The van der Waals surface area contributed by atoms with E-state index in [1.54, 1.807) is 6.07 Å². The Morgan fingerprint density at radius 3 is 2.60 bits per heavy atom. The molecule has 0 radical (unpaired) electrons. The molecule has 1 aromatic carbocycles. The van der Waals surface area contributed by atoms with E-state index in [0.717, 1.165) is 30.6 Å². The molecule has 1 saturated heterocycles. The van der Waals surface area contributed by atoms with Crippen LogP contribution in [-0.2, 0) is 0 Å². The summed E-state index contributed by atoms with van der Waals surface area (Å²) in [5, 5.41) is 0. The minimum atomic E-state index is -0.268. The molecule has 0 aromatic heterocycles. The average molecular weight is 278 g/mol. The fourth-order valence-corrected chi connectivity index (χ4v) is 3.28. The van der Waals surface area contributed by atoms with Crippen LogP contribution in [0.4, 0.5) is 10.1 Å². The standard InChI is InChI=1S/C17H27FN2/c1-12(2)14-6-5-10-20(11-9-14)16-8-4-7-15(18)17(16)13(3)19/h4,7-8,12-14H,5-6,9-11,19H2,1-3H3/t13-,14?/m1/s1. The maximum Gasteiger partial charge on any atom is 0.130 e. The van der Waals surface area contributed by atoms with Crippen molar-refractivity contribution in [3.05, 3.63) is 29.6 Å². The van der Waals surface area contributed by atoms with Gasteiger partial charge in [0.15, 0.2) is 0 Å². The Morgan fingerprint density at radius 1 is 1.20 bits per heavy atom. The molecule has 0 spiro atoms. The van der Waals surface area contributed by atoms with Crippen LogP contribution in [0.2, 0.25) is 0 Å². The van der Waals surface area contributed by atoms with Gasteiger partial charge in [-0.05, 0) is 50.2 Å². The monoisotopic (exact) mass is 278 g/mol. The van der Waals surface area contributed by atoms with Crippen LogP contribution in [0.5, 0.6) is 0 Å². The predicted molar refractivity (Wildman–Crippen MR) is 83.4 cm³/mol. The molecule has 0 amide bonds. The number of nitrogens with zero attached hydrogens (tertiary/aromatic N) is 1. The Morgan fingerprint density at radius 2 is 1.95 bits per heavy atom. The second kappa shape index (κ2) is 6.57. The summed E-state index contributed by atoms with van der Waals surface area (Å²) in [5.41, 5.74) is 7.62. The van der Waals surface area contributed by atoms with Gasteiger partial charge in [-0.1, -0.05) is 19.9 Å². The van der Waals surface area contributed by atoms with Crippen LogP contribution >= 0.6 is 0 Å². The highest BCUT2D eigenvalue weighted by atomic mass is 19.1. The highest BCUT2D eigenvalue weighted by Crippen LogP contribution is 2.32. The lowest BCUT2D eigenvalue weighted by Crippen LogP contribution is -2.27. The summed E-state index contributed by atoms with van der Waals surface area (Å²) in [6.45, 7) is 8.47. The number of benzene rings is 1. The lowest BCUT2D eigenvalue weighted by molar-refractivity contribution is 0.351. The molecule has 0 bridgehead atoms. The van der Waals surface area contributed by atoms with Gasteiger partial charge in [0, 0.05) is 30.4 Å². The smallest absolute Gasteiger partial charge is 0.130 e. The van der Waals surface area contributed by atoms with Gasteiger partial charge in [0.25, 0.3) is 0 Å². The van der Waals surface area contributed by atoms with Crippen LogP contribution in [0.3, 0.4) is 0 Å². The normalized spacial score (nSPS) is 21.9. The summed E-state index contributed by atoms with van der Waals surface area (Å²) in [6, 6.07) is 5.05. The number of anilines is 1. The van der Waals surface area contributed by atoms with E-state index in [2.05, 4.69) is 18.7 Å². The minimum absolute atomic E-state index is 0.179. The van der Waals surface area contributed by atoms with Crippen LogP contribution in [0.15, 0.2) is 18.2 Å². The second-order valence-corrected chi connectivity index (χ2v) is 6.38. The lowest BCUT2D eigenvalue weighted by Gasteiger charge is -2.27. The Kier molecular flexibility index (Phi) is 5.03. The minimum Gasteiger partial charge on any atom is -0.371 e. The summed E-state index contributed by atoms with van der Waals surface area (Å²) in [6.07, 6.45) is 3.64. The first-order valence-electron chi connectivity index (χ1n) is 7.79. The third-order valence-corrected chi connectivity index (χ3v) is 4.54. The van der Waals surface area contributed by atoms with Crippen molar-refractivity contribution in [3.8, 4) is 0 Å². The first-order chi connectivity index (χ1) is 9.50. The first kappa shape index (κ1) is 15.3. The van der Waals surface area contributed by atoms with Gasteiger partial charge in [-0.25, -0.2) is 4.39 Å². The van der Waals surface area contributed by atoms with Crippen molar-refractivity contribution < 1.29 is 4.39 Å². The average Bonchev–Trinajstić information content (AvgIpc) is 2.63. The van der Waals surface area contributed by atoms with E-state index >= 15 is 0 Å². The van der Waals surface area contributed by atoms with Crippen molar-refractivity contribution in [1.82, 2.24) is 0 Å². The molecule has 112 valence electrons. The van der Waals surface area contributed by atoms with Gasteiger partial charge in [0.05, 0.1) is 0 Å². The molecule has 1 heterocycles. The van der Waals surface area contributed by atoms with E-state index in [0.29, 0.717) is 5.56 Å². The number of nitrogens with two attached hydrogens (primary N) is 1. The van der Waals surface area contributed by atoms with Crippen LogP contribution in [0.25, 0.3) is 0 Å². The van der Waals surface area contributed by atoms with Gasteiger partial charge in [-0.3, -0.25) is 0 Å². The molecule has 0 aliphatic carbocycles. The molecule has 1 aromatic rings. The Hall–Kier alpha value is -1.09.